The highest BCUT2D eigenvalue weighted by Crippen LogP contribution is 2.26. The molecule has 0 amide bonds. The monoisotopic (exact) mass is 288 g/mol. The molecular formula is C16H21FN4. The van der Waals surface area contributed by atoms with Crippen molar-refractivity contribution in [1.82, 2.24) is 9.97 Å². The average molecular weight is 288 g/mol. The first-order valence-electron chi connectivity index (χ1n) is 7.26. The van der Waals surface area contributed by atoms with Crippen molar-refractivity contribution in [3.8, 4) is 0 Å². The normalized spacial score (nSPS) is 10.5. The molecule has 0 aliphatic heterocycles. The Morgan fingerprint density at radius 1 is 1.14 bits per heavy atom. The third-order valence-electron chi connectivity index (χ3n) is 3.16. The Hall–Kier alpha value is -2.17. The number of aromatic nitrogens is 2. The molecule has 0 bridgehead atoms. The van der Waals surface area contributed by atoms with Gasteiger partial charge >= 0.3 is 0 Å². The first-order chi connectivity index (χ1) is 10.2. The van der Waals surface area contributed by atoms with Crippen LogP contribution in [0, 0.1) is 12.7 Å². The molecular weight excluding hydrogens is 267 g/mol. The Morgan fingerprint density at radius 3 is 2.62 bits per heavy atom. The van der Waals surface area contributed by atoms with Crippen LogP contribution in [0.4, 0.5) is 21.7 Å². The van der Waals surface area contributed by atoms with Crippen molar-refractivity contribution in [3.05, 3.63) is 41.5 Å². The van der Waals surface area contributed by atoms with Gasteiger partial charge in [-0.1, -0.05) is 19.4 Å². The van der Waals surface area contributed by atoms with E-state index >= 15 is 0 Å². The highest BCUT2D eigenvalue weighted by atomic mass is 19.1. The molecule has 1 aromatic heterocycles. The number of aryl methyl sites for hydroxylation is 1. The number of nitrogens with one attached hydrogen (secondary N) is 2. The van der Waals surface area contributed by atoms with Gasteiger partial charge < -0.3 is 10.6 Å². The topological polar surface area (TPSA) is 49.8 Å². The van der Waals surface area contributed by atoms with Crippen LogP contribution in [0.1, 0.15) is 31.4 Å². The van der Waals surface area contributed by atoms with Crippen LogP contribution in [0.5, 0.6) is 0 Å². The molecule has 2 N–H and O–H groups in total. The summed E-state index contributed by atoms with van der Waals surface area (Å²) in [5, 5.41) is 6.33. The molecule has 0 fully saturated rings. The Labute approximate surface area is 124 Å². The van der Waals surface area contributed by atoms with Crippen molar-refractivity contribution in [3.63, 3.8) is 0 Å². The fourth-order valence-electron chi connectivity index (χ4n) is 2.19. The molecule has 0 radical (unpaired) electrons. The van der Waals surface area contributed by atoms with Gasteiger partial charge in [0, 0.05) is 12.1 Å². The summed E-state index contributed by atoms with van der Waals surface area (Å²) in [5.41, 5.74) is 2.42. The zero-order chi connectivity index (χ0) is 15.2. The first kappa shape index (κ1) is 15.2. The van der Waals surface area contributed by atoms with Crippen LogP contribution in [0.2, 0.25) is 0 Å². The minimum atomic E-state index is -0.285. The molecule has 1 heterocycles. The summed E-state index contributed by atoms with van der Waals surface area (Å²) in [6, 6.07) is 4.99. The summed E-state index contributed by atoms with van der Waals surface area (Å²) in [6.07, 6.45) is 3.29. The molecule has 21 heavy (non-hydrogen) atoms. The van der Waals surface area contributed by atoms with Gasteiger partial charge in [0.05, 0.1) is 5.69 Å². The van der Waals surface area contributed by atoms with E-state index < -0.39 is 0 Å². The summed E-state index contributed by atoms with van der Waals surface area (Å²) < 4.78 is 13.9. The second kappa shape index (κ2) is 7.02. The largest absolute Gasteiger partial charge is 0.370 e. The maximum absolute atomic E-state index is 13.9. The van der Waals surface area contributed by atoms with E-state index in [1.807, 2.05) is 13.8 Å². The van der Waals surface area contributed by atoms with E-state index in [4.69, 9.17) is 0 Å². The number of anilines is 3. The smallest absolute Gasteiger partial charge is 0.146 e. The summed E-state index contributed by atoms with van der Waals surface area (Å²) in [7, 11) is 0. The quantitative estimate of drug-likeness (QED) is 0.842. The maximum Gasteiger partial charge on any atom is 0.146 e. The molecule has 5 heteroatoms. The number of halogens is 1. The van der Waals surface area contributed by atoms with Crippen LogP contribution in [-0.4, -0.2) is 16.5 Å². The summed E-state index contributed by atoms with van der Waals surface area (Å²) in [4.78, 5) is 8.55. The Balaban J connectivity index is 2.38. The van der Waals surface area contributed by atoms with Gasteiger partial charge in [0.1, 0.15) is 23.8 Å². The van der Waals surface area contributed by atoms with E-state index in [2.05, 4.69) is 27.5 Å². The van der Waals surface area contributed by atoms with Gasteiger partial charge in [0.2, 0.25) is 0 Å². The molecule has 0 aliphatic rings. The molecule has 4 nitrogen and oxygen atoms in total. The summed E-state index contributed by atoms with van der Waals surface area (Å²) in [5.74, 6) is 1.18. The summed E-state index contributed by atoms with van der Waals surface area (Å²) >= 11 is 0. The van der Waals surface area contributed by atoms with Gasteiger partial charge in [-0.2, -0.15) is 0 Å². The van der Waals surface area contributed by atoms with Crippen molar-refractivity contribution in [2.24, 2.45) is 0 Å². The number of nitrogens with zero attached hydrogens (tertiary/aromatic N) is 2. The fourth-order valence-corrected chi connectivity index (χ4v) is 2.19. The van der Waals surface area contributed by atoms with E-state index in [0.29, 0.717) is 11.5 Å². The maximum atomic E-state index is 13.9. The zero-order valence-electron chi connectivity index (χ0n) is 12.7. The second-order valence-electron chi connectivity index (χ2n) is 4.94. The van der Waals surface area contributed by atoms with Gasteiger partial charge in [0.25, 0.3) is 0 Å². The molecule has 0 spiro atoms. The lowest BCUT2D eigenvalue weighted by Gasteiger charge is -2.15. The van der Waals surface area contributed by atoms with Crippen molar-refractivity contribution < 1.29 is 4.39 Å². The Bertz CT molecular complexity index is 613. The number of rotatable bonds is 6. The second-order valence-corrected chi connectivity index (χ2v) is 4.94. The van der Waals surface area contributed by atoms with Crippen molar-refractivity contribution in [2.45, 2.75) is 33.6 Å². The molecule has 1 aromatic carbocycles. The van der Waals surface area contributed by atoms with Gasteiger partial charge in [-0.3, -0.25) is 0 Å². The predicted molar refractivity (Wildman–Crippen MR) is 84.6 cm³/mol. The van der Waals surface area contributed by atoms with E-state index in [9.17, 15) is 4.39 Å². The van der Waals surface area contributed by atoms with E-state index in [1.54, 1.807) is 12.1 Å². The van der Waals surface area contributed by atoms with Crippen LogP contribution in [0.3, 0.4) is 0 Å². The standard InChI is InChI=1S/C16H21FN4/c1-4-6-12-15(18-5-2)19-10-20-16(12)21-14-9-11(3)7-8-13(14)17/h7-10H,4-6H2,1-3H3,(H2,18,19,20,21). The van der Waals surface area contributed by atoms with E-state index in [0.717, 1.165) is 36.3 Å². The van der Waals surface area contributed by atoms with Crippen molar-refractivity contribution in [1.29, 1.82) is 0 Å². The highest BCUT2D eigenvalue weighted by molar-refractivity contribution is 5.65. The van der Waals surface area contributed by atoms with Gasteiger partial charge in [-0.15, -0.1) is 0 Å². The van der Waals surface area contributed by atoms with Crippen LogP contribution < -0.4 is 10.6 Å². The lowest BCUT2D eigenvalue weighted by Crippen LogP contribution is -2.08. The van der Waals surface area contributed by atoms with Crippen LogP contribution >= 0.6 is 0 Å². The molecule has 2 rings (SSSR count). The molecule has 2 aromatic rings. The van der Waals surface area contributed by atoms with Crippen molar-refractivity contribution >= 4 is 17.3 Å². The minimum Gasteiger partial charge on any atom is -0.370 e. The van der Waals surface area contributed by atoms with Gasteiger partial charge in [0.15, 0.2) is 0 Å². The molecule has 0 saturated carbocycles. The zero-order valence-corrected chi connectivity index (χ0v) is 12.7. The lowest BCUT2D eigenvalue weighted by molar-refractivity contribution is 0.631. The van der Waals surface area contributed by atoms with Gasteiger partial charge in [-0.05, 0) is 38.0 Å². The number of hydrogen-bond acceptors (Lipinski definition) is 4. The predicted octanol–water partition coefficient (Wildman–Crippen LogP) is 4.05. The van der Waals surface area contributed by atoms with E-state index in [-0.39, 0.29) is 5.82 Å². The molecule has 0 aliphatic carbocycles. The third-order valence-corrected chi connectivity index (χ3v) is 3.16. The molecule has 112 valence electrons. The SMILES string of the molecule is CCCc1c(NCC)ncnc1Nc1cc(C)ccc1F. The van der Waals surface area contributed by atoms with Crippen LogP contribution in [0.25, 0.3) is 0 Å². The average Bonchev–Trinajstić information content (AvgIpc) is 2.46. The Morgan fingerprint density at radius 2 is 1.90 bits per heavy atom. The molecule has 0 saturated heterocycles. The number of hydrogen-bond donors (Lipinski definition) is 2. The minimum absolute atomic E-state index is 0.285. The van der Waals surface area contributed by atoms with Crippen LogP contribution in [-0.2, 0) is 6.42 Å². The van der Waals surface area contributed by atoms with Gasteiger partial charge in [-0.25, -0.2) is 14.4 Å². The Kier molecular flexibility index (Phi) is 5.09. The van der Waals surface area contributed by atoms with E-state index in [1.165, 1.54) is 12.4 Å². The lowest BCUT2D eigenvalue weighted by atomic mass is 10.1. The fraction of sp³-hybridized carbons (Fsp3) is 0.375. The third kappa shape index (κ3) is 3.68. The first-order valence-corrected chi connectivity index (χ1v) is 7.26. The van der Waals surface area contributed by atoms with Crippen LogP contribution in [0.15, 0.2) is 24.5 Å². The summed E-state index contributed by atoms with van der Waals surface area (Å²) in [6.45, 7) is 6.83. The molecule has 0 unspecified atom stereocenters. The molecule has 0 atom stereocenters. The highest BCUT2D eigenvalue weighted by Gasteiger charge is 2.12. The van der Waals surface area contributed by atoms with Crippen molar-refractivity contribution in [2.75, 3.05) is 17.2 Å². The number of benzene rings is 1.